The molecule has 0 fully saturated rings. The zero-order chi connectivity index (χ0) is 19.9. The van der Waals surface area contributed by atoms with Crippen molar-refractivity contribution in [3.8, 4) is 6.07 Å². The summed E-state index contributed by atoms with van der Waals surface area (Å²) < 4.78 is 0. The molecule has 0 amide bonds. The van der Waals surface area contributed by atoms with Gasteiger partial charge in [0.25, 0.3) is 0 Å². The van der Waals surface area contributed by atoms with E-state index in [0.29, 0.717) is 23.8 Å². The number of rotatable bonds is 6. The van der Waals surface area contributed by atoms with Crippen LogP contribution in [0, 0.1) is 18.3 Å². The van der Waals surface area contributed by atoms with Crippen LogP contribution in [0.5, 0.6) is 0 Å². The highest BCUT2D eigenvalue weighted by Gasteiger charge is 2.13. The van der Waals surface area contributed by atoms with Gasteiger partial charge in [-0.25, -0.2) is 15.0 Å². The lowest BCUT2D eigenvalue weighted by molar-refractivity contribution is 0.960. The third-order valence-electron chi connectivity index (χ3n) is 4.26. The molecule has 0 spiro atoms. The van der Waals surface area contributed by atoms with Crippen LogP contribution in [0.4, 0.5) is 11.8 Å². The molecule has 0 radical (unpaired) electrons. The van der Waals surface area contributed by atoms with Crippen molar-refractivity contribution in [3.63, 3.8) is 0 Å². The maximum absolute atomic E-state index is 9.64. The van der Waals surface area contributed by atoms with Crippen LogP contribution in [0.1, 0.15) is 16.8 Å². The minimum atomic E-state index is 0.493. The molecule has 142 valence electrons. The van der Waals surface area contributed by atoms with Gasteiger partial charge in [-0.1, -0.05) is 12.1 Å². The summed E-state index contributed by atoms with van der Waals surface area (Å²) >= 11 is 0. The maximum atomic E-state index is 9.64. The summed E-state index contributed by atoms with van der Waals surface area (Å²) in [6, 6.07) is 6.32. The maximum Gasteiger partial charge on any atom is 0.223 e. The number of hydrogen-bond acceptors (Lipinski definition) is 7. The molecule has 3 heterocycles. The van der Waals surface area contributed by atoms with Gasteiger partial charge in [-0.05, 0) is 42.7 Å². The van der Waals surface area contributed by atoms with Gasteiger partial charge >= 0.3 is 0 Å². The highest BCUT2D eigenvalue weighted by molar-refractivity contribution is 5.80. The molecule has 2 aromatic heterocycles. The van der Waals surface area contributed by atoms with E-state index in [0.717, 1.165) is 29.1 Å². The monoisotopic (exact) mass is 373 g/mol. The third kappa shape index (κ3) is 4.54. The fourth-order valence-electron chi connectivity index (χ4n) is 2.72. The van der Waals surface area contributed by atoms with Gasteiger partial charge in [0.1, 0.15) is 17.5 Å². The first-order valence-electron chi connectivity index (χ1n) is 9.02. The molecular formula is C21H23N7. The quantitative estimate of drug-likeness (QED) is 0.753. The molecule has 7 nitrogen and oxygen atoms in total. The van der Waals surface area contributed by atoms with Gasteiger partial charge in [-0.3, -0.25) is 0 Å². The number of aryl methyl sites for hydroxylation is 1. The first kappa shape index (κ1) is 19.1. The number of pyridine rings is 1. The van der Waals surface area contributed by atoms with Crippen LogP contribution in [0.2, 0.25) is 0 Å². The topological polar surface area (TPSA) is 89.8 Å². The lowest BCUT2D eigenvalue weighted by Crippen LogP contribution is -2.13. The zero-order valence-corrected chi connectivity index (χ0v) is 16.3. The van der Waals surface area contributed by atoms with Crippen molar-refractivity contribution >= 4 is 17.3 Å². The Morgan fingerprint density at radius 1 is 1.21 bits per heavy atom. The van der Waals surface area contributed by atoms with Gasteiger partial charge in [-0.2, -0.15) is 5.26 Å². The van der Waals surface area contributed by atoms with E-state index in [1.807, 2.05) is 56.4 Å². The van der Waals surface area contributed by atoms with Crippen LogP contribution in [-0.4, -0.2) is 35.6 Å². The highest BCUT2D eigenvalue weighted by atomic mass is 15.1. The molecule has 0 bridgehead atoms. The number of nitriles is 1. The van der Waals surface area contributed by atoms with E-state index >= 15 is 0 Å². The lowest BCUT2D eigenvalue weighted by Gasteiger charge is -2.13. The number of aromatic nitrogens is 3. The second kappa shape index (κ2) is 8.82. The van der Waals surface area contributed by atoms with Gasteiger partial charge < -0.3 is 15.5 Å². The number of nitrogens with one attached hydrogen (secondary N) is 2. The van der Waals surface area contributed by atoms with Crippen molar-refractivity contribution in [3.05, 3.63) is 71.5 Å². The summed E-state index contributed by atoms with van der Waals surface area (Å²) in [5.74, 6) is 1.43. The van der Waals surface area contributed by atoms with Crippen LogP contribution in [0.25, 0.3) is 5.57 Å². The van der Waals surface area contributed by atoms with E-state index in [1.165, 1.54) is 0 Å². The Balaban J connectivity index is 1.70. The minimum absolute atomic E-state index is 0.493. The van der Waals surface area contributed by atoms with Gasteiger partial charge in [0, 0.05) is 39.2 Å². The molecule has 1 aliphatic rings. The number of anilines is 2. The molecule has 0 aromatic carbocycles. The molecule has 1 aliphatic heterocycles. The molecule has 28 heavy (non-hydrogen) atoms. The molecule has 0 unspecified atom stereocenters. The van der Waals surface area contributed by atoms with E-state index < -0.39 is 0 Å². The molecule has 0 atom stereocenters. The van der Waals surface area contributed by atoms with Gasteiger partial charge in [0.05, 0.1) is 11.4 Å². The van der Waals surface area contributed by atoms with Crippen molar-refractivity contribution in [2.24, 2.45) is 0 Å². The molecule has 2 aromatic rings. The van der Waals surface area contributed by atoms with Gasteiger partial charge in [0.15, 0.2) is 0 Å². The normalized spacial score (nSPS) is 14.2. The van der Waals surface area contributed by atoms with Crippen LogP contribution in [-0.2, 0) is 6.42 Å². The largest absolute Gasteiger partial charge is 0.363 e. The second-order valence-corrected chi connectivity index (χ2v) is 6.58. The Bertz CT molecular complexity index is 963. The Morgan fingerprint density at radius 3 is 2.71 bits per heavy atom. The first-order valence-corrected chi connectivity index (χ1v) is 9.02. The zero-order valence-electron chi connectivity index (χ0n) is 16.3. The average Bonchev–Trinajstić information content (AvgIpc) is 2.72. The minimum Gasteiger partial charge on any atom is -0.363 e. The fraction of sp³-hybridized carbons (Fsp3) is 0.238. The van der Waals surface area contributed by atoms with Crippen molar-refractivity contribution in [2.75, 3.05) is 30.9 Å². The van der Waals surface area contributed by atoms with Crippen LogP contribution in [0.15, 0.2) is 54.7 Å². The summed E-state index contributed by atoms with van der Waals surface area (Å²) in [5.41, 5.74) is 3.83. The van der Waals surface area contributed by atoms with E-state index in [1.54, 1.807) is 12.4 Å². The standard InChI is InChI=1S/C21H23N7/c1-15-13-26-21(24-11-9-16-7-8-19(25-14-16)28(2)3)27-20(15)17(12-22)18-6-4-5-10-23-18/h4-8,10,13-14,23H,9,11H2,1-3H3,(H,24,26,27)/b18-17-. The van der Waals surface area contributed by atoms with Crippen LogP contribution < -0.4 is 15.5 Å². The first-order chi connectivity index (χ1) is 13.6. The molecule has 0 saturated heterocycles. The molecular weight excluding hydrogens is 350 g/mol. The van der Waals surface area contributed by atoms with Crippen LogP contribution >= 0.6 is 0 Å². The predicted molar refractivity (Wildman–Crippen MR) is 111 cm³/mol. The van der Waals surface area contributed by atoms with E-state index in [-0.39, 0.29) is 0 Å². The van der Waals surface area contributed by atoms with Crippen molar-refractivity contribution in [2.45, 2.75) is 13.3 Å². The van der Waals surface area contributed by atoms with Crippen molar-refractivity contribution < 1.29 is 0 Å². The Morgan fingerprint density at radius 2 is 2.07 bits per heavy atom. The predicted octanol–water partition coefficient (Wildman–Crippen LogP) is 2.81. The fourth-order valence-corrected chi connectivity index (χ4v) is 2.72. The summed E-state index contributed by atoms with van der Waals surface area (Å²) in [6.07, 6.45) is 11.8. The number of dihydropyridines is 1. The molecule has 2 N–H and O–H groups in total. The molecule has 0 aliphatic carbocycles. The van der Waals surface area contributed by atoms with Gasteiger partial charge in [0.2, 0.25) is 5.95 Å². The number of hydrogen-bond donors (Lipinski definition) is 2. The smallest absolute Gasteiger partial charge is 0.223 e. The average molecular weight is 373 g/mol. The van der Waals surface area contributed by atoms with E-state index in [4.69, 9.17) is 0 Å². The summed E-state index contributed by atoms with van der Waals surface area (Å²) in [6.45, 7) is 2.57. The summed E-state index contributed by atoms with van der Waals surface area (Å²) in [7, 11) is 3.94. The molecule has 3 rings (SSSR count). The van der Waals surface area contributed by atoms with Gasteiger partial charge in [-0.15, -0.1) is 0 Å². The second-order valence-electron chi connectivity index (χ2n) is 6.58. The van der Waals surface area contributed by atoms with E-state index in [9.17, 15) is 5.26 Å². The SMILES string of the molecule is Cc1cnc(NCCc2ccc(N(C)C)nc2)nc1/C(C#N)=C1/C=CC=CN1. The molecule has 0 saturated carbocycles. The van der Waals surface area contributed by atoms with Crippen molar-refractivity contribution in [1.82, 2.24) is 20.3 Å². The molecule has 7 heteroatoms. The van der Waals surface area contributed by atoms with Crippen molar-refractivity contribution in [1.29, 1.82) is 5.26 Å². The van der Waals surface area contributed by atoms with E-state index in [2.05, 4.69) is 37.7 Å². The third-order valence-corrected chi connectivity index (χ3v) is 4.26. The summed E-state index contributed by atoms with van der Waals surface area (Å²) in [4.78, 5) is 15.3. The Labute approximate surface area is 165 Å². The Kier molecular flexibility index (Phi) is 6.02. The Hall–Kier alpha value is -3.66. The highest BCUT2D eigenvalue weighted by Crippen LogP contribution is 2.21. The summed E-state index contributed by atoms with van der Waals surface area (Å²) in [5, 5.41) is 16.0. The lowest BCUT2D eigenvalue weighted by atomic mass is 10.1. The number of nitrogens with zero attached hydrogens (tertiary/aromatic N) is 5. The number of allylic oxidation sites excluding steroid dienone is 4. The van der Waals surface area contributed by atoms with Crippen LogP contribution in [0.3, 0.4) is 0 Å².